The Bertz CT molecular complexity index is 95.4. The van der Waals surface area contributed by atoms with Gasteiger partial charge in [-0.05, 0) is 12.3 Å². The molecule has 0 aliphatic heterocycles. The number of hydrogen-bond acceptors (Lipinski definition) is 2. The number of ether oxygens (including phenoxy) is 1. The van der Waals surface area contributed by atoms with Crippen LogP contribution in [0.2, 0.25) is 0 Å². The minimum Gasteiger partial charge on any atom is -0.360 e. The van der Waals surface area contributed by atoms with Gasteiger partial charge in [0, 0.05) is 13.3 Å². The van der Waals surface area contributed by atoms with Crippen LogP contribution in [0.5, 0.6) is 0 Å². The van der Waals surface area contributed by atoms with Gasteiger partial charge in [-0.15, -0.1) is 0 Å². The quantitative estimate of drug-likeness (QED) is 0.552. The molecule has 0 aliphatic rings. The van der Waals surface area contributed by atoms with E-state index in [0.717, 1.165) is 6.42 Å². The zero-order valence-corrected chi connectivity index (χ0v) is 7.29. The first-order valence-electron chi connectivity index (χ1n) is 3.76. The van der Waals surface area contributed by atoms with Crippen molar-refractivity contribution in [2.24, 2.45) is 10.9 Å². The molecule has 0 saturated heterocycles. The Balaban J connectivity index is 3.61. The Kier molecular flexibility index (Phi) is 5.22. The maximum Gasteiger partial charge on any atom is 0.147 e. The molecule has 60 valence electrons. The number of methoxy groups -OCH3 is 1. The van der Waals surface area contributed by atoms with Gasteiger partial charge < -0.3 is 4.74 Å². The van der Waals surface area contributed by atoms with Crippen molar-refractivity contribution in [2.45, 2.75) is 33.4 Å². The van der Waals surface area contributed by atoms with Crippen LogP contribution in [0.15, 0.2) is 4.99 Å². The maximum absolute atomic E-state index is 5.05. The van der Waals surface area contributed by atoms with Crippen LogP contribution < -0.4 is 0 Å². The molecule has 1 unspecified atom stereocenters. The maximum atomic E-state index is 5.05. The molecule has 2 nitrogen and oxygen atoms in total. The summed E-state index contributed by atoms with van der Waals surface area (Å²) in [6.07, 6.45) is 2.93. The van der Waals surface area contributed by atoms with Crippen molar-refractivity contribution in [1.29, 1.82) is 0 Å². The highest BCUT2D eigenvalue weighted by Crippen LogP contribution is 1.97. The third-order valence-corrected chi connectivity index (χ3v) is 1.17. The minimum atomic E-state index is 0.0578. The van der Waals surface area contributed by atoms with E-state index >= 15 is 0 Å². The summed E-state index contributed by atoms with van der Waals surface area (Å²) in [5.41, 5.74) is 0. The summed E-state index contributed by atoms with van der Waals surface area (Å²) in [4.78, 5) is 4.21. The van der Waals surface area contributed by atoms with E-state index in [2.05, 4.69) is 25.8 Å². The van der Waals surface area contributed by atoms with Gasteiger partial charge >= 0.3 is 0 Å². The van der Waals surface area contributed by atoms with Gasteiger partial charge in [-0.25, -0.2) is 0 Å². The smallest absolute Gasteiger partial charge is 0.147 e. The van der Waals surface area contributed by atoms with E-state index in [1.807, 2.05) is 6.21 Å². The molecular weight excluding hydrogens is 126 g/mol. The monoisotopic (exact) mass is 143 g/mol. The van der Waals surface area contributed by atoms with E-state index in [-0.39, 0.29) is 6.23 Å². The summed E-state index contributed by atoms with van der Waals surface area (Å²) >= 11 is 0. The van der Waals surface area contributed by atoms with Crippen LogP contribution in [-0.2, 0) is 4.74 Å². The van der Waals surface area contributed by atoms with Gasteiger partial charge in [-0.2, -0.15) is 0 Å². The Morgan fingerprint density at radius 1 is 1.50 bits per heavy atom. The molecule has 0 heterocycles. The topological polar surface area (TPSA) is 21.6 Å². The van der Waals surface area contributed by atoms with Crippen LogP contribution >= 0.6 is 0 Å². The zero-order chi connectivity index (χ0) is 7.98. The second-order valence-corrected chi connectivity index (χ2v) is 2.64. The van der Waals surface area contributed by atoms with Gasteiger partial charge in [0.15, 0.2) is 0 Å². The third kappa shape index (κ3) is 4.50. The summed E-state index contributed by atoms with van der Waals surface area (Å²) < 4.78 is 5.05. The molecule has 1 atom stereocenters. The van der Waals surface area contributed by atoms with Gasteiger partial charge in [0.1, 0.15) is 6.23 Å². The van der Waals surface area contributed by atoms with Gasteiger partial charge in [-0.3, -0.25) is 4.99 Å². The normalized spacial score (nSPS) is 14.9. The van der Waals surface area contributed by atoms with Crippen LogP contribution in [0.3, 0.4) is 0 Å². The predicted molar refractivity (Wildman–Crippen MR) is 44.4 cm³/mol. The average molecular weight is 143 g/mol. The molecule has 0 radical (unpaired) electrons. The second kappa shape index (κ2) is 5.42. The highest BCUT2D eigenvalue weighted by molar-refractivity contribution is 5.59. The largest absolute Gasteiger partial charge is 0.360 e. The first-order valence-corrected chi connectivity index (χ1v) is 3.76. The molecule has 0 fully saturated rings. The van der Waals surface area contributed by atoms with Gasteiger partial charge in [0.25, 0.3) is 0 Å². The van der Waals surface area contributed by atoms with E-state index in [1.165, 1.54) is 0 Å². The van der Waals surface area contributed by atoms with Gasteiger partial charge in [-0.1, -0.05) is 20.8 Å². The van der Waals surface area contributed by atoms with E-state index < -0.39 is 0 Å². The summed E-state index contributed by atoms with van der Waals surface area (Å²) in [5, 5.41) is 0. The molecule has 10 heavy (non-hydrogen) atoms. The van der Waals surface area contributed by atoms with Crippen molar-refractivity contribution in [3.63, 3.8) is 0 Å². The lowest BCUT2D eigenvalue weighted by Gasteiger charge is -2.06. The molecule has 0 amide bonds. The van der Waals surface area contributed by atoms with Crippen molar-refractivity contribution in [1.82, 2.24) is 0 Å². The molecule has 0 bridgehead atoms. The molecule has 2 heteroatoms. The van der Waals surface area contributed by atoms with Crippen LogP contribution in [0.4, 0.5) is 0 Å². The lowest BCUT2D eigenvalue weighted by Crippen LogP contribution is -2.06. The molecule has 0 aromatic heterocycles. The molecule has 0 aliphatic carbocycles. The highest BCUT2D eigenvalue weighted by Gasteiger charge is 1.97. The molecule has 0 aromatic carbocycles. The van der Waals surface area contributed by atoms with Crippen molar-refractivity contribution in [3.8, 4) is 0 Å². The molecule has 0 saturated carbocycles. The molecule has 0 N–H and O–H groups in total. The van der Waals surface area contributed by atoms with Crippen molar-refractivity contribution >= 4 is 6.21 Å². The summed E-state index contributed by atoms with van der Waals surface area (Å²) in [6.45, 7) is 6.27. The fraction of sp³-hybridized carbons (Fsp3) is 0.875. The lowest BCUT2D eigenvalue weighted by molar-refractivity contribution is 0.107. The van der Waals surface area contributed by atoms with E-state index in [9.17, 15) is 0 Å². The van der Waals surface area contributed by atoms with E-state index in [4.69, 9.17) is 4.74 Å². The standard InChI is InChI=1S/C8H17NO/c1-5-8(10-4)9-6-7(2)3/h6-8H,5H2,1-4H3. The fourth-order valence-corrected chi connectivity index (χ4v) is 0.601. The van der Waals surface area contributed by atoms with Crippen molar-refractivity contribution in [2.75, 3.05) is 7.11 Å². The molecule has 0 rings (SSSR count). The fourth-order valence-electron chi connectivity index (χ4n) is 0.601. The Hall–Kier alpha value is -0.370. The van der Waals surface area contributed by atoms with Gasteiger partial charge in [0.2, 0.25) is 0 Å². The Morgan fingerprint density at radius 2 is 2.10 bits per heavy atom. The van der Waals surface area contributed by atoms with Gasteiger partial charge in [0.05, 0.1) is 0 Å². The number of aliphatic imine (C=N–C) groups is 1. The first kappa shape index (κ1) is 9.63. The molecule has 0 aromatic rings. The van der Waals surface area contributed by atoms with Crippen molar-refractivity contribution < 1.29 is 4.74 Å². The minimum absolute atomic E-state index is 0.0578. The van der Waals surface area contributed by atoms with Crippen molar-refractivity contribution in [3.05, 3.63) is 0 Å². The summed E-state index contributed by atoms with van der Waals surface area (Å²) in [6, 6.07) is 0. The van der Waals surface area contributed by atoms with E-state index in [1.54, 1.807) is 7.11 Å². The number of rotatable bonds is 4. The Labute approximate surface area is 63.3 Å². The lowest BCUT2D eigenvalue weighted by atomic mass is 10.2. The van der Waals surface area contributed by atoms with Crippen LogP contribution in [0, 0.1) is 5.92 Å². The molecule has 0 spiro atoms. The first-order chi connectivity index (χ1) is 4.70. The van der Waals surface area contributed by atoms with Crippen LogP contribution in [-0.4, -0.2) is 19.6 Å². The van der Waals surface area contributed by atoms with Crippen LogP contribution in [0.1, 0.15) is 27.2 Å². The molecular formula is C8H17NO. The number of hydrogen-bond donors (Lipinski definition) is 0. The third-order valence-electron chi connectivity index (χ3n) is 1.17. The highest BCUT2D eigenvalue weighted by atomic mass is 16.5. The average Bonchev–Trinajstić information content (AvgIpc) is 1.90. The van der Waals surface area contributed by atoms with Crippen LogP contribution in [0.25, 0.3) is 0 Å². The van der Waals surface area contributed by atoms with E-state index in [0.29, 0.717) is 5.92 Å². The summed E-state index contributed by atoms with van der Waals surface area (Å²) in [7, 11) is 1.69. The SMILES string of the molecule is CCC(N=CC(C)C)OC. The summed E-state index contributed by atoms with van der Waals surface area (Å²) in [5.74, 6) is 0.518. The predicted octanol–water partition coefficient (Wildman–Crippen LogP) is 2.10. The Morgan fingerprint density at radius 3 is 2.40 bits per heavy atom. The zero-order valence-electron chi connectivity index (χ0n) is 7.29. The number of nitrogens with zero attached hydrogens (tertiary/aromatic N) is 1. The second-order valence-electron chi connectivity index (χ2n) is 2.64.